The molecular formula is C22H17BrN2O. The van der Waals surface area contributed by atoms with Crippen LogP contribution < -0.4 is 0 Å². The number of aromatic nitrogens is 1. The number of ketones is 1. The molecule has 2 aromatic carbocycles. The van der Waals surface area contributed by atoms with Crippen molar-refractivity contribution in [1.82, 2.24) is 4.98 Å². The topological polar surface area (TPSA) is 42.3 Å². The molecule has 1 aromatic heterocycles. The van der Waals surface area contributed by atoms with Crippen LogP contribution in [0.2, 0.25) is 0 Å². The summed E-state index contributed by atoms with van der Waals surface area (Å²) in [7, 11) is 0. The van der Waals surface area contributed by atoms with Crippen molar-refractivity contribution >= 4 is 33.1 Å². The molecule has 0 saturated heterocycles. The standard InChI is InChI=1S/C22H17BrN2O/c1-14-8-21-18(11-20(14)23)10-19(26)12-22(25-21)16-5-2-4-15(9-16)17-6-3-7-24-13-17/h2-9,11,13H,10,12H2,1H3. The van der Waals surface area contributed by atoms with Crippen LogP contribution in [-0.4, -0.2) is 16.5 Å². The highest BCUT2D eigenvalue weighted by molar-refractivity contribution is 9.10. The second kappa shape index (κ2) is 6.96. The van der Waals surface area contributed by atoms with Crippen LogP contribution in [0, 0.1) is 6.92 Å². The second-order valence-corrected chi connectivity index (χ2v) is 7.36. The summed E-state index contributed by atoms with van der Waals surface area (Å²) >= 11 is 3.55. The maximum absolute atomic E-state index is 12.5. The van der Waals surface area contributed by atoms with Crippen LogP contribution in [0.3, 0.4) is 0 Å². The third kappa shape index (κ3) is 3.37. The fourth-order valence-corrected chi connectivity index (χ4v) is 3.57. The molecule has 0 fully saturated rings. The molecule has 4 rings (SSSR count). The van der Waals surface area contributed by atoms with Crippen molar-refractivity contribution in [3.05, 3.63) is 82.1 Å². The van der Waals surface area contributed by atoms with Crippen molar-refractivity contribution in [3.8, 4) is 11.1 Å². The fourth-order valence-electron chi connectivity index (χ4n) is 3.18. The van der Waals surface area contributed by atoms with Gasteiger partial charge in [0.05, 0.1) is 11.4 Å². The summed E-state index contributed by atoms with van der Waals surface area (Å²) in [5.74, 6) is 0.185. The minimum Gasteiger partial charge on any atom is -0.299 e. The van der Waals surface area contributed by atoms with Gasteiger partial charge in [-0.2, -0.15) is 0 Å². The Morgan fingerprint density at radius 3 is 2.58 bits per heavy atom. The fraction of sp³-hybridized carbons (Fsp3) is 0.136. The lowest BCUT2D eigenvalue weighted by molar-refractivity contribution is -0.117. The van der Waals surface area contributed by atoms with Crippen LogP contribution in [0.1, 0.15) is 23.1 Å². The minimum atomic E-state index is 0.185. The van der Waals surface area contributed by atoms with E-state index < -0.39 is 0 Å². The van der Waals surface area contributed by atoms with Gasteiger partial charge in [-0.25, -0.2) is 0 Å². The van der Waals surface area contributed by atoms with E-state index in [-0.39, 0.29) is 5.78 Å². The van der Waals surface area contributed by atoms with E-state index in [1.807, 2.05) is 49.5 Å². The lowest BCUT2D eigenvalue weighted by atomic mass is 9.99. The van der Waals surface area contributed by atoms with Crippen molar-refractivity contribution in [2.24, 2.45) is 4.99 Å². The number of carbonyl (C=O) groups is 1. The van der Waals surface area contributed by atoms with Crippen LogP contribution in [0.15, 0.2) is 70.4 Å². The average molecular weight is 405 g/mol. The zero-order valence-electron chi connectivity index (χ0n) is 14.4. The van der Waals surface area contributed by atoms with E-state index in [0.717, 1.165) is 43.7 Å². The van der Waals surface area contributed by atoms with E-state index in [1.165, 1.54) is 0 Å². The molecule has 1 aliphatic rings. The second-order valence-electron chi connectivity index (χ2n) is 6.50. The molecule has 0 unspecified atom stereocenters. The van der Waals surface area contributed by atoms with Crippen molar-refractivity contribution in [2.45, 2.75) is 19.8 Å². The maximum atomic E-state index is 12.5. The number of nitrogens with zero attached hydrogens (tertiary/aromatic N) is 2. The summed E-state index contributed by atoms with van der Waals surface area (Å²) < 4.78 is 1.02. The first-order chi connectivity index (χ1) is 12.6. The Kier molecular flexibility index (Phi) is 4.51. The van der Waals surface area contributed by atoms with Gasteiger partial charge in [0.1, 0.15) is 5.78 Å². The van der Waals surface area contributed by atoms with Crippen LogP contribution in [0.5, 0.6) is 0 Å². The SMILES string of the molecule is Cc1cc2c(cc1Br)CC(=O)CC(c1cccc(-c3cccnc3)c1)=N2. The first-order valence-corrected chi connectivity index (χ1v) is 9.28. The van der Waals surface area contributed by atoms with Crippen LogP contribution in [0.25, 0.3) is 11.1 Å². The Bertz CT molecular complexity index is 1030. The van der Waals surface area contributed by atoms with Crippen molar-refractivity contribution < 1.29 is 4.79 Å². The number of Topliss-reactive ketones (excluding diaryl/α,β-unsaturated/α-hetero) is 1. The first-order valence-electron chi connectivity index (χ1n) is 8.49. The van der Waals surface area contributed by atoms with Crippen molar-refractivity contribution in [3.63, 3.8) is 0 Å². The quantitative estimate of drug-likeness (QED) is 0.569. The summed E-state index contributed by atoms with van der Waals surface area (Å²) in [6, 6.07) is 16.2. The van der Waals surface area contributed by atoms with Crippen molar-refractivity contribution in [2.75, 3.05) is 0 Å². The first kappa shape index (κ1) is 16.9. The molecule has 0 bridgehead atoms. The molecule has 0 aliphatic carbocycles. The molecule has 0 N–H and O–H groups in total. The lowest BCUT2D eigenvalue weighted by Crippen LogP contribution is -2.09. The molecule has 3 nitrogen and oxygen atoms in total. The molecule has 26 heavy (non-hydrogen) atoms. The number of fused-ring (bicyclic) bond motifs is 1. The number of aryl methyl sites for hydroxylation is 1. The molecule has 2 heterocycles. The largest absolute Gasteiger partial charge is 0.299 e. The zero-order valence-corrected chi connectivity index (χ0v) is 16.0. The highest BCUT2D eigenvalue weighted by Gasteiger charge is 2.19. The van der Waals surface area contributed by atoms with Gasteiger partial charge in [-0.15, -0.1) is 0 Å². The Morgan fingerprint density at radius 1 is 0.962 bits per heavy atom. The van der Waals surface area contributed by atoms with E-state index in [4.69, 9.17) is 4.99 Å². The number of halogens is 1. The number of hydrogen-bond donors (Lipinski definition) is 0. The van der Waals surface area contributed by atoms with E-state index >= 15 is 0 Å². The van der Waals surface area contributed by atoms with E-state index in [0.29, 0.717) is 12.8 Å². The molecule has 4 heteroatoms. The highest BCUT2D eigenvalue weighted by atomic mass is 79.9. The van der Waals surface area contributed by atoms with Crippen LogP contribution in [-0.2, 0) is 11.2 Å². The van der Waals surface area contributed by atoms with E-state index in [9.17, 15) is 4.79 Å². The Morgan fingerprint density at radius 2 is 1.77 bits per heavy atom. The summed E-state index contributed by atoms with van der Waals surface area (Å²) in [5.41, 5.74) is 6.90. The normalized spacial score (nSPS) is 13.8. The lowest BCUT2D eigenvalue weighted by Gasteiger charge is -2.08. The molecular weight excluding hydrogens is 388 g/mol. The smallest absolute Gasteiger partial charge is 0.143 e. The predicted octanol–water partition coefficient (Wildman–Crippen LogP) is 5.46. The van der Waals surface area contributed by atoms with Gasteiger partial charge in [-0.3, -0.25) is 14.8 Å². The minimum absolute atomic E-state index is 0.185. The summed E-state index contributed by atoms with van der Waals surface area (Å²) in [6.45, 7) is 2.04. The highest BCUT2D eigenvalue weighted by Crippen LogP contribution is 2.31. The maximum Gasteiger partial charge on any atom is 0.143 e. The van der Waals surface area contributed by atoms with Gasteiger partial charge in [0, 0.05) is 35.3 Å². The molecule has 0 spiro atoms. The summed E-state index contributed by atoms with van der Waals surface area (Å²) in [4.78, 5) is 21.5. The summed E-state index contributed by atoms with van der Waals surface area (Å²) in [6.07, 6.45) is 4.37. The van der Waals surface area contributed by atoms with Crippen LogP contribution in [0.4, 0.5) is 5.69 Å². The van der Waals surface area contributed by atoms with E-state index in [1.54, 1.807) is 6.20 Å². The van der Waals surface area contributed by atoms with Gasteiger partial charge in [0.25, 0.3) is 0 Å². The predicted molar refractivity (Wildman–Crippen MR) is 108 cm³/mol. The molecule has 1 aliphatic heterocycles. The van der Waals surface area contributed by atoms with Gasteiger partial charge in [-0.1, -0.05) is 40.2 Å². The van der Waals surface area contributed by atoms with Crippen molar-refractivity contribution in [1.29, 1.82) is 0 Å². The monoisotopic (exact) mass is 404 g/mol. The number of benzene rings is 2. The number of carbonyl (C=O) groups excluding carboxylic acids is 1. The molecule has 3 aromatic rings. The van der Waals surface area contributed by atoms with Gasteiger partial charge in [0.2, 0.25) is 0 Å². The molecule has 0 saturated carbocycles. The third-order valence-corrected chi connectivity index (χ3v) is 5.41. The molecule has 128 valence electrons. The Hall–Kier alpha value is -2.59. The van der Waals surface area contributed by atoms with Gasteiger partial charge in [-0.05, 0) is 53.4 Å². The molecule has 0 radical (unpaired) electrons. The van der Waals surface area contributed by atoms with Gasteiger partial charge in [0.15, 0.2) is 0 Å². The third-order valence-electron chi connectivity index (χ3n) is 4.56. The van der Waals surface area contributed by atoms with E-state index in [2.05, 4.69) is 33.0 Å². The summed E-state index contributed by atoms with van der Waals surface area (Å²) in [5, 5.41) is 0. The van der Waals surface area contributed by atoms with Gasteiger partial charge < -0.3 is 0 Å². The molecule has 0 atom stereocenters. The van der Waals surface area contributed by atoms with Crippen LogP contribution >= 0.6 is 15.9 Å². The van der Waals surface area contributed by atoms with Gasteiger partial charge >= 0.3 is 0 Å². The number of pyridine rings is 1. The zero-order chi connectivity index (χ0) is 18.1. The number of hydrogen-bond acceptors (Lipinski definition) is 3. The number of rotatable bonds is 2. The molecule has 0 amide bonds. The number of aliphatic imine (C=N–C) groups is 1. The Balaban J connectivity index is 1.80. The average Bonchev–Trinajstić information content (AvgIpc) is 2.81. The Labute approximate surface area is 161 Å².